The average Bonchev–Trinajstić information content (AvgIpc) is 2.93. The molecule has 1 fully saturated rings. The van der Waals surface area contributed by atoms with Crippen molar-refractivity contribution in [2.24, 2.45) is 0 Å². The number of nitrogens with zero attached hydrogens (tertiary/aromatic N) is 5. The molecule has 3 heterocycles. The Balaban J connectivity index is 1.51. The van der Waals surface area contributed by atoms with E-state index in [9.17, 15) is 0 Å². The van der Waals surface area contributed by atoms with Crippen LogP contribution in [0, 0.1) is 13.8 Å². The van der Waals surface area contributed by atoms with Crippen molar-refractivity contribution in [1.82, 2.24) is 24.6 Å². The molecular weight excluding hydrogens is 302 g/mol. The number of piperidine rings is 1. The number of methoxy groups -OCH3 is 1. The zero-order valence-electron chi connectivity index (χ0n) is 14.9. The zero-order valence-corrected chi connectivity index (χ0v) is 14.9. The van der Waals surface area contributed by atoms with Crippen molar-refractivity contribution in [3.8, 4) is 0 Å². The van der Waals surface area contributed by atoms with Crippen LogP contribution >= 0.6 is 0 Å². The third kappa shape index (κ3) is 4.19. The van der Waals surface area contributed by atoms with Crippen LogP contribution < -0.4 is 0 Å². The fourth-order valence-electron chi connectivity index (χ4n) is 3.38. The van der Waals surface area contributed by atoms with Gasteiger partial charge in [0.25, 0.3) is 0 Å². The molecule has 0 saturated carbocycles. The Labute approximate surface area is 143 Å². The van der Waals surface area contributed by atoms with Crippen molar-refractivity contribution in [2.75, 3.05) is 26.8 Å². The molecule has 6 heteroatoms. The van der Waals surface area contributed by atoms with Crippen LogP contribution in [0.3, 0.4) is 0 Å². The summed E-state index contributed by atoms with van der Waals surface area (Å²) >= 11 is 0. The molecule has 0 spiro atoms. The summed E-state index contributed by atoms with van der Waals surface area (Å²) in [4.78, 5) is 11.3. The monoisotopic (exact) mass is 329 g/mol. The highest BCUT2D eigenvalue weighted by Crippen LogP contribution is 2.24. The van der Waals surface area contributed by atoms with Crippen LogP contribution in [0.1, 0.15) is 41.7 Å². The highest BCUT2D eigenvalue weighted by molar-refractivity contribution is 5.08. The molecule has 1 aliphatic rings. The average molecular weight is 329 g/mol. The largest absolute Gasteiger partial charge is 0.384 e. The molecule has 0 atom stereocenters. The van der Waals surface area contributed by atoms with Gasteiger partial charge < -0.3 is 4.74 Å². The van der Waals surface area contributed by atoms with E-state index < -0.39 is 0 Å². The summed E-state index contributed by atoms with van der Waals surface area (Å²) in [5, 5.41) is 4.65. The molecule has 2 aromatic rings. The third-order valence-corrected chi connectivity index (χ3v) is 4.64. The molecule has 24 heavy (non-hydrogen) atoms. The lowest BCUT2D eigenvalue weighted by molar-refractivity contribution is 0.171. The Hall–Kier alpha value is -1.79. The van der Waals surface area contributed by atoms with Crippen molar-refractivity contribution in [2.45, 2.75) is 45.7 Å². The molecule has 0 bridgehead atoms. The highest BCUT2D eigenvalue weighted by Gasteiger charge is 2.22. The number of hydrogen-bond donors (Lipinski definition) is 0. The molecule has 0 unspecified atom stereocenters. The normalized spacial score (nSPS) is 16.6. The predicted octanol–water partition coefficient (Wildman–Crippen LogP) is 2.32. The molecule has 6 nitrogen and oxygen atoms in total. The molecule has 1 saturated heterocycles. The van der Waals surface area contributed by atoms with Crippen LogP contribution in [0.4, 0.5) is 0 Å². The minimum atomic E-state index is 0.530. The van der Waals surface area contributed by atoms with Gasteiger partial charge in [-0.3, -0.25) is 9.58 Å². The van der Waals surface area contributed by atoms with Gasteiger partial charge >= 0.3 is 0 Å². The topological polar surface area (TPSA) is 56.1 Å². The number of rotatable bonds is 6. The van der Waals surface area contributed by atoms with Crippen LogP contribution in [0.5, 0.6) is 0 Å². The maximum atomic E-state index is 5.06. The van der Waals surface area contributed by atoms with Gasteiger partial charge in [-0.15, -0.1) is 0 Å². The standard InChI is InChI=1S/C18H27N5O/c1-14-10-15(2)23(21-14)17-4-7-22(8-5-17)13-16-11-19-18(20-12-16)6-9-24-3/h10-12,17H,4-9,13H2,1-3H3. The van der Waals surface area contributed by atoms with Crippen LogP contribution in [-0.4, -0.2) is 51.5 Å². The maximum absolute atomic E-state index is 5.06. The Morgan fingerprint density at radius 2 is 1.88 bits per heavy atom. The number of aromatic nitrogens is 4. The first-order valence-electron chi connectivity index (χ1n) is 8.69. The van der Waals surface area contributed by atoms with Crippen LogP contribution in [0.2, 0.25) is 0 Å². The van der Waals surface area contributed by atoms with E-state index in [1.807, 2.05) is 12.4 Å². The van der Waals surface area contributed by atoms with Gasteiger partial charge in [0.05, 0.1) is 18.3 Å². The van der Waals surface area contributed by atoms with E-state index in [0.717, 1.165) is 50.4 Å². The number of likely N-dealkylation sites (tertiary alicyclic amines) is 1. The Kier molecular flexibility index (Phi) is 5.58. The van der Waals surface area contributed by atoms with E-state index in [4.69, 9.17) is 4.74 Å². The first-order chi connectivity index (χ1) is 11.7. The first-order valence-corrected chi connectivity index (χ1v) is 8.69. The second kappa shape index (κ2) is 7.85. The second-order valence-electron chi connectivity index (χ2n) is 6.63. The van der Waals surface area contributed by atoms with E-state index in [1.165, 1.54) is 11.3 Å². The summed E-state index contributed by atoms with van der Waals surface area (Å²) in [6.07, 6.45) is 6.96. The SMILES string of the molecule is COCCc1ncc(CN2CCC(n3nc(C)cc3C)CC2)cn1. The van der Waals surface area contributed by atoms with Gasteiger partial charge in [-0.25, -0.2) is 9.97 Å². The van der Waals surface area contributed by atoms with E-state index >= 15 is 0 Å². The van der Waals surface area contributed by atoms with E-state index in [0.29, 0.717) is 12.6 Å². The molecule has 0 N–H and O–H groups in total. The van der Waals surface area contributed by atoms with Crippen LogP contribution in [0.15, 0.2) is 18.5 Å². The summed E-state index contributed by atoms with van der Waals surface area (Å²) in [6, 6.07) is 2.69. The Morgan fingerprint density at radius 3 is 2.46 bits per heavy atom. The lowest BCUT2D eigenvalue weighted by atomic mass is 10.0. The molecule has 0 amide bonds. The maximum Gasteiger partial charge on any atom is 0.130 e. The summed E-state index contributed by atoms with van der Waals surface area (Å²) < 4.78 is 7.27. The van der Waals surface area contributed by atoms with E-state index in [1.54, 1.807) is 7.11 Å². The van der Waals surface area contributed by atoms with Gasteiger partial charge in [0.15, 0.2) is 0 Å². The summed E-state index contributed by atoms with van der Waals surface area (Å²) in [7, 11) is 1.70. The lowest BCUT2D eigenvalue weighted by Crippen LogP contribution is -2.34. The van der Waals surface area contributed by atoms with Gasteiger partial charge in [-0.05, 0) is 32.8 Å². The van der Waals surface area contributed by atoms with Crippen LogP contribution in [-0.2, 0) is 17.7 Å². The molecular formula is C18H27N5O. The number of ether oxygens (including phenoxy) is 1. The smallest absolute Gasteiger partial charge is 0.130 e. The molecule has 1 aliphatic heterocycles. The third-order valence-electron chi connectivity index (χ3n) is 4.64. The van der Waals surface area contributed by atoms with Crippen molar-refractivity contribution < 1.29 is 4.74 Å². The minimum Gasteiger partial charge on any atom is -0.384 e. The molecule has 0 aromatic carbocycles. The Bertz CT molecular complexity index is 644. The Morgan fingerprint density at radius 1 is 1.17 bits per heavy atom. The first kappa shape index (κ1) is 17.0. The van der Waals surface area contributed by atoms with Gasteiger partial charge in [0.2, 0.25) is 0 Å². The van der Waals surface area contributed by atoms with Gasteiger partial charge in [0, 0.05) is 56.8 Å². The fourth-order valence-corrected chi connectivity index (χ4v) is 3.38. The second-order valence-corrected chi connectivity index (χ2v) is 6.63. The summed E-state index contributed by atoms with van der Waals surface area (Å²) in [5.74, 6) is 0.851. The molecule has 0 radical (unpaired) electrons. The van der Waals surface area contributed by atoms with Gasteiger partial charge in [-0.2, -0.15) is 5.10 Å². The van der Waals surface area contributed by atoms with Crippen molar-refractivity contribution in [3.05, 3.63) is 41.2 Å². The van der Waals surface area contributed by atoms with Crippen molar-refractivity contribution >= 4 is 0 Å². The molecule has 2 aromatic heterocycles. The molecule has 130 valence electrons. The minimum absolute atomic E-state index is 0.530. The number of hydrogen-bond acceptors (Lipinski definition) is 5. The molecule has 3 rings (SSSR count). The lowest BCUT2D eigenvalue weighted by Gasteiger charge is -2.32. The zero-order chi connectivity index (χ0) is 16.9. The number of aryl methyl sites for hydroxylation is 2. The quantitative estimate of drug-likeness (QED) is 0.814. The summed E-state index contributed by atoms with van der Waals surface area (Å²) in [6.45, 7) is 7.99. The predicted molar refractivity (Wildman–Crippen MR) is 92.9 cm³/mol. The fraction of sp³-hybridized carbons (Fsp3) is 0.611. The summed E-state index contributed by atoms with van der Waals surface area (Å²) in [5.41, 5.74) is 3.56. The van der Waals surface area contributed by atoms with Gasteiger partial charge in [-0.1, -0.05) is 0 Å². The molecule has 0 aliphatic carbocycles. The van der Waals surface area contributed by atoms with Crippen molar-refractivity contribution in [3.63, 3.8) is 0 Å². The highest BCUT2D eigenvalue weighted by atomic mass is 16.5. The van der Waals surface area contributed by atoms with Gasteiger partial charge in [0.1, 0.15) is 5.82 Å². The van der Waals surface area contributed by atoms with Crippen molar-refractivity contribution in [1.29, 1.82) is 0 Å². The van der Waals surface area contributed by atoms with E-state index in [2.05, 4.69) is 44.6 Å². The van der Waals surface area contributed by atoms with Crippen LogP contribution in [0.25, 0.3) is 0 Å². The van der Waals surface area contributed by atoms with E-state index in [-0.39, 0.29) is 0 Å².